The maximum absolute atomic E-state index is 15.6. The number of terminal acetylenes is 1. The SMILES string of the molecule is C#Cc1ccc2[nH]c3c(c2c1)C/C(C(=O)OC)=C\N1CC(CC)=CC(C1)C[C@]3(C(=O)OC)c1cc2c(cc1OC)N(C)[C@H]1[C@@](O)(C(=O)OC)[C@H](OC(C)=O)[C@]3(CC)C=CCN4CC[C@]21[C@@H]43. The molecular formula is C51H58N4O10. The zero-order valence-corrected chi connectivity index (χ0v) is 38.4. The zero-order chi connectivity index (χ0) is 46.4. The summed E-state index contributed by atoms with van der Waals surface area (Å²) in [6.07, 6.45) is 14.9. The Hall–Kier alpha value is -6.04. The predicted octanol–water partition coefficient (Wildman–Crippen LogP) is 4.83. The minimum Gasteiger partial charge on any atom is -0.496 e. The smallest absolute Gasteiger partial charge is 0.344 e. The molecule has 14 heteroatoms. The summed E-state index contributed by atoms with van der Waals surface area (Å²) in [6, 6.07) is 8.21. The first-order valence-electron chi connectivity index (χ1n) is 22.4. The van der Waals surface area contributed by atoms with Gasteiger partial charge >= 0.3 is 23.9 Å². The van der Waals surface area contributed by atoms with Gasteiger partial charge in [-0.15, -0.1) is 6.42 Å². The van der Waals surface area contributed by atoms with Crippen molar-refractivity contribution in [3.8, 4) is 18.1 Å². The van der Waals surface area contributed by atoms with E-state index in [0.717, 1.165) is 22.9 Å². The Morgan fingerprint density at radius 3 is 2.43 bits per heavy atom. The van der Waals surface area contributed by atoms with Crippen molar-refractivity contribution in [2.45, 2.75) is 87.5 Å². The molecule has 0 amide bonds. The van der Waals surface area contributed by atoms with E-state index in [2.05, 4.69) is 33.7 Å². The summed E-state index contributed by atoms with van der Waals surface area (Å²) in [6.45, 7) is 7.69. The summed E-state index contributed by atoms with van der Waals surface area (Å²) in [5.74, 6) is 0.305. The van der Waals surface area contributed by atoms with Crippen LogP contribution in [0.2, 0.25) is 0 Å². The molecule has 65 heavy (non-hydrogen) atoms. The molecule has 2 fully saturated rings. The van der Waals surface area contributed by atoms with Crippen LogP contribution in [0, 0.1) is 23.7 Å². The van der Waals surface area contributed by atoms with E-state index in [1.165, 1.54) is 28.3 Å². The normalized spacial score (nSPS) is 31.8. The molecule has 2 N–H and O–H groups in total. The second-order valence-electron chi connectivity index (χ2n) is 18.6. The Labute approximate surface area is 379 Å². The van der Waals surface area contributed by atoms with Gasteiger partial charge in [-0.2, -0.15) is 0 Å². The number of nitrogens with zero attached hydrogens (tertiary/aromatic N) is 3. The molecule has 2 aromatic carbocycles. The Morgan fingerprint density at radius 1 is 1.00 bits per heavy atom. The first-order valence-corrected chi connectivity index (χ1v) is 22.4. The number of aromatic amines is 1. The third kappa shape index (κ3) is 6.00. The van der Waals surface area contributed by atoms with Crippen LogP contribution < -0.4 is 9.64 Å². The number of esters is 4. The van der Waals surface area contributed by atoms with Crippen molar-refractivity contribution in [3.05, 3.63) is 93.9 Å². The van der Waals surface area contributed by atoms with Crippen LogP contribution in [0.3, 0.4) is 0 Å². The number of benzene rings is 2. The summed E-state index contributed by atoms with van der Waals surface area (Å²) in [5.41, 5.74) is 0.0928. The molecule has 0 radical (unpaired) electrons. The molecule has 3 aromatic rings. The molecule has 342 valence electrons. The lowest BCUT2D eigenvalue weighted by Gasteiger charge is -2.63. The van der Waals surface area contributed by atoms with E-state index < -0.39 is 57.9 Å². The van der Waals surface area contributed by atoms with Crippen molar-refractivity contribution in [1.29, 1.82) is 0 Å². The molecule has 9 rings (SSSR count). The number of rotatable bonds is 8. The highest BCUT2D eigenvalue weighted by Gasteiger charge is 2.80. The van der Waals surface area contributed by atoms with Crippen LogP contribution in [-0.2, 0) is 55.4 Å². The van der Waals surface area contributed by atoms with Gasteiger partial charge in [-0.1, -0.05) is 43.6 Å². The minimum atomic E-state index is -2.36. The highest BCUT2D eigenvalue weighted by molar-refractivity contribution is 5.97. The van der Waals surface area contributed by atoms with Gasteiger partial charge in [-0.05, 0) is 73.5 Å². The number of ether oxygens (including phenoxy) is 5. The topological polar surface area (TPSA) is 160 Å². The molecule has 5 aliphatic heterocycles. The number of carbonyl (C=O) groups is 4. The van der Waals surface area contributed by atoms with Gasteiger partial charge in [0.2, 0.25) is 5.60 Å². The number of nitrogens with one attached hydrogen (secondary N) is 1. The van der Waals surface area contributed by atoms with Crippen molar-refractivity contribution in [2.24, 2.45) is 11.3 Å². The summed E-state index contributed by atoms with van der Waals surface area (Å²) >= 11 is 0. The fourth-order valence-electron chi connectivity index (χ4n) is 13.4. The van der Waals surface area contributed by atoms with Gasteiger partial charge in [-0.3, -0.25) is 14.5 Å². The fraction of sp³-hybridized carbons (Fsp3) is 0.490. The first-order chi connectivity index (χ1) is 31.2. The first kappa shape index (κ1) is 44.2. The van der Waals surface area contributed by atoms with Crippen LogP contribution in [-0.4, -0.2) is 129 Å². The molecule has 1 spiro atoms. The lowest BCUT2D eigenvalue weighted by Crippen LogP contribution is -2.81. The lowest BCUT2D eigenvalue weighted by atomic mass is 9.47. The van der Waals surface area contributed by atoms with Gasteiger partial charge in [0.1, 0.15) is 11.2 Å². The summed E-state index contributed by atoms with van der Waals surface area (Å²) < 4.78 is 29.5. The summed E-state index contributed by atoms with van der Waals surface area (Å²) in [7, 11) is 7.38. The number of carbonyl (C=O) groups excluding carboxylic acids is 4. The fourth-order valence-corrected chi connectivity index (χ4v) is 13.4. The maximum atomic E-state index is 15.6. The van der Waals surface area contributed by atoms with Crippen LogP contribution in [0.5, 0.6) is 5.75 Å². The number of likely N-dealkylation sites (N-methyl/N-ethyl adjacent to an activating group) is 1. The third-order valence-corrected chi connectivity index (χ3v) is 15.7. The van der Waals surface area contributed by atoms with Crippen LogP contribution in [0.15, 0.2) is 65.9 Å². The van der Waals surface area contributed by atoms with E-state index in [0.29, 0.717) is 83.9 Å². The largest absolute Gasteiger partial charge is 0.496 e. The van der Waals surface area contributed by atoms with E-state index in [4.69, 9.17) is 30.1 Å². The maximum Gasteiger partial charge on any atom is 0.344 e. The molecule has 14 nitrogen and oxygen atoms in total. The molecule has 6 heterocycles. The number of aromatic nitrogens is 1. The van der Waals surface area contributed by atoms with Crippen molar-refractivity contribution >= 4 is 40.5 Å². The summed E-state index contributed by atoms with van der Waals surface area (Å²) in [4.78, 5) is 67.1. The second-order valence-corrected chi connectivity index (χ2v) is 18.6. The van der Waals surface area contributed by atoms with Crippen LogP contribution in [0.25, 0.3) is 10.9 Å². The molecule has 8 atom stereocenters. The highest BCUT2D eigenvalue weighted by Crippen LogP contribution is 2.68. The number of anilines is 1. The molecular weight excluding hydrogens is 829 g/mol. The average molecular weight is 887 g/mol. The number of fused-ring (bicyclic) bond motifs is 6. The lowest BCUT2D eigenvalue weighted by molar-refractivity contribution is -0.228. The Bertz CT molecular complexity index is 2660. The van der Waals surface area contributed by atoms with E-state index >= 15 is 4.79 Å². The number of methoxy groups -OCH3 is 4. The molecule has 6 aliphatic rings. The quantitative estimate of drug-likeness (QED) is 0.137. The van der Waals surface area contributed by atoms with Crippen LogP contribution >= 0.6 is 0 Å². The standard InChI is InChI=1S/C51H58N4O10/c1-10-30-14-15-38-34(21-30)35-22-33(42(57)62-7)28-54-26-31(11-2)20-32(27-54)25-50(41(35)52-38,46(58)63-8)37-23-36-39(24-40(37)61-6)53(5)44-49(36)17-19-55-18-13-16-48(12-3,43(49)55)45(65-29(4)56)51(44,60)47(59)64-9/h1,13-16,20-21,23-24,28,32,43-45,52,60H,11-12,17-19,22,25-27H2,2-9H3/b33-28+/t32?,43-,44+,45+,48+,49+,50-,51-/m0/s1. The average Bonchev–Trinajstić information content (AvgIpc) is 3.97. The predicted molar refractivity (Wildman–Crippen MR) is 242 cm³/mol. The van der Waals surface area contributed by atoms with Gasteiger partial charge < -0.3 is 43.6 Å². The molecule has 1 aliphatic carbocycles. The van der Waals surface area contributed by atoms with E-state index in [9.17, 15) is 19.5 Å². The number of aliphatic hydroxyl groups is 1. The zero-order valence-electron chi connectivity index (χ0n) is 38.4. The van der Waals surface area contributed by atoms with Gasteiger partial charge in [0.05, 0.1) is 40.1 Å². The number of hydrogen-bond acceptors (Lipinski definition) is 13. The number of H-pyrrole nitrogens is 1. The van der Waals surface area contributed by atoms with Crippen molar-refractivity contribution < 1.29 is 48.0 Å². The Kier molecular flexibility index (Phi) is 10.8. The molecule has 1 unspecified atom stereocenters. The van der Waals surface area contributed by atoms with Gasteiger partial charge in [0.15, 0.2) is 6.10 Å². The Morgan fingerprint density at radius 2 is 1.77 bits per heavy atom. The number of hydrogen-bond donors (Lipinski definition) is 2. The molecule has 1 aromatic heterocycles. The van der Waals surface area contributed by atoms with E-state index in [-0.39, 0.29) is 24.8 Å². The molecule has 2 bridgehead atoms. The summed E-state index contributed by atoms with van der Waals surface area (Å²) in [5, 5.41) is 14.2. The monoisotopic (exact) mass is 886 g/mol. The van der Waals surface area contributed by atoms with E-state index in [1.54, 1.807) is 7.11 Å². The van der Waals surface area contributed by atoms with Gasteiger partial charge in [0, 0.05) is 103 Å². The van der Waals surface area contributed by atoms with Gasteiger partial charge in [0.25, 0.3) is 0 Å². The second kappa shape index (κ2) is 15.8. The Balaban J connectivity index is 1.40. The molecule has 1 saturated carbocycles. The van der Waals surface area contributed by atoms with Crippen LogP contribution in [0.1, 0.15) is 74.4 Å². The minimum absolute atomic E-state index is 0.0925. The van der Waals surface area contributed by atoms with Crippen molar-refractivity contribution in [1.82, 2.24) is 14.8 Å². The van der Waals surface area contributed by atoms with E-state index in [1.807, 2.05) is 67.6 Å². The van der Waals surface area contributed by atoms with Crippen molar-refractivity contribution in [2.75, 3.05) is 66.6 Å². The highest BCUT2D eigenvalue weighted by atomic mass is 16.6. The van der Waals surface area contributed by atoms with Crippen LogP contribution in [0.4, 0.5) is 5.69 Å². The van der Waals surface area contributed by atoms with Gasteiger partial charge in [-0.25, -0.2) is 9.59 Å². The molecule has 1 saturated heterocycles. The third-order valence-electron chi connectivity index (χ3n) is 15.7. The van der Waals surface area contributed by atoms with Crippen molar-refractivity contribution in [3.63, 3.8) is 0 Å².